The highest BCUT2D eigenvalue weighted by molar-refractivity contribution is 7.08. The van der Waals surface area contributed by atoms with Crippen molar-refractivity contribution in [3.8, 4) is 5.75 Å². The molecular weight excluding hydrogens is 409 g/mol. The normalized spacial score (nSPS) is 11.1. The second-order valence-electron chi connectivity index (χ2n) is 5.82. The molecule has 1 N–H and O–H groups in total. The Kier molecular flexibility index (Phi) is 5.83. The summed E-state index contributed by atoms with van der Waals surface area (Å²) in [6.07, 6.45) is -3.74. The number of aromatic nitrogens is 1. The second kappa shape index (κ2) is 8.31. The first-order valence-electron chi connectivity index (χ1n) is 8.15. The number of amides is 1. The molecule has 0 atom stereocenters. The molecule has 0 spiro atoms. The Labute approximate surface area is 166 Å². The summed E-state index contributed by atoms with van der Waals surface area (Å²) < 4.78 is 44.0. The summed E-state index contributed by atoms with van der Waals surface area (Å²) in [5, 5.41) is 6.13. The zero-order valence-corrected chi connectivity index (χ0v) is 15.4. The van der Waals surface area contributed by atoms with E-state index in [1.807, 2.05) is 0 Å². The molecule has 0 aliphatic heterocycles. The molecule has 2 aromatic heterocycles. The van der Waals surface area contributed by atoms with E-state index in [1.165, 1.54) is 35.6 Å². The molecule has 0 saturated heterocycles. The predicted molar refractivity (Wildman–Crippen MR) is 100 cm³/mol. The monoisotopic (exact) mass is 422 g/mol. The van der Waals surface area contributed by atoms with Crippen LogP contribution in [0.1, 0.15) is 15.9 Å². The summed E-state index contributed by atoms with van der Waals surface area (Å²) in [6.45, 7) is -0.681. The molecule has 0 unspecified atom stereocenters. The van der Waals surface area contributed by atoms with E-state index >= 15 is 0 Å². The molecule has 3 aromatic rings. The van der Waals surface area contributed by atoms with Gasteiger partial charge in [-0.1, -0.05) is 0 Å². The number of nitrogens with zero attached hydrogens (tertiary/aromatic N) is 1. The van der Waals surface area contributed by atoms with Crippen molar-refractivity contribution in [2.24, 2.45) is 0 Å². The van der Waals surface area contributed by atoms with Gasteiger partial charge in [-0.15, -0.1) is 0 Å². The quantitative estimate of drug-likeness (QED) is 0.501. The maximum absolute atomic E-state index is 12.8. The average Bonchev–Trinajstić information content (AvgIpc) is 3.19. The number of rotatable bonds is 5. The Balaban J connectivity index is 1.63. The van der Waals surface area contributed by atoms with Gasteiger partial charge in [0.1, 0.15) is 17.9 Å². The number of halogens is 3. The summed E-state index contributed by atoms with van der Waals surface area (Å²) in [5.74, 6) is -1.09. The molecule has 6 nitrogen and oxygen atoms in total. The fourth-order valence-corrected chi connectivity index (χ4v) is 3.02. The third-order valence-corrected chi connectivity index (χ3v) is 4.44. The van der Waals surface area contributed by atoms with Crippen LogP contribution < -0.4 is 15.6 Å². The molecule has 1 amide bonds. The number of pyridine rings is 1. The highest BCUT2D eigenvalue weighted by Gasteiger charge is 2.34. The van der Waals surface area contributed by atoms with Gasteiger partial charge in [0.25, 0.3) is 11.5 Å². The van der Waals surface area contributed by atoms with E-state index in [2.05, 4.69) is 5.32 Å². The van der Waals surface area contributed by atoms with Crippen LogP contribution >= 0.6 is 11.3 Å². The number of hydrogen-bond donors (Lipinski definition) is 1. The summed E-state index contributed by atoms with van der Waals surface area (Å²) >= 11 is 1.39. The third kappa shape index (κ3) is 5.11. The van der Waals surface area contributed by atoms with Gasteiger partial charge in [0.05, 0.1) is 5.56 Å². The summed E-state index contributed by atoms with van der Waals surface area (Å²) in [6, 6.07) is 9.18. The molecule has 0 radical (unpaired) electrons. The third-order valence-electron chi connectivity index (χ3n) is 3.75. The number of nitrogens with one attached hydrogen (secondary N) is 1. The lowest BCUT2D eigenvalue weighted by Crippen LogP contribution is -2.31. The van der Waals surface area contributed by atoms with Crippen LogP contribution in [0.4, 0.5) is 18.9 Å². The number of carbonyl (C=O) groups is 2. The van der Waals surface area contributed by atoms with Crippen molar-refractivity contribution in [1.29, 1.82) is 0 Å². The molecule has 0 bridgehead atoms. The van der Waals surface area contributed by atoms with Gasteiger partial charge in [0.2, 0.25) is 0 Å². The summed E-state index contributed by atoms with van der Waals surface area (Å²) in [7, 11) is 0. The van der Waals surface area contributed by atoms with E-state index in [-0.39, 0.29) is 11.7 Å². The van der Waals surface area contributed by atoms with Gasteiger partial charge in [-0.25, -0.2) is 4.79 Å². The molecule has 0 aliphatic rings. The maximum Gasteiger partial charge on any atom is 0.421 e. The minimum absolute atomic E-state index is 0.114. The first kappa shape index (κ1) is 20.3. The van der Waals surface area contributed by atoms with Crippen LogP contribution in [0, 0.1) is 0 Å². The number of alkyl halides is 3. The van der Waals surface area contributed by atoms with Crippen molar-refractivity contribution in [1.82, 2.24) is 4.57 Å². The van der Waals surface area contributed by atoms with Crippen LogP contribution in [0.2, 0.25) is 0 Å². The predicted octanol–water partition coefficient (Wildman–Crippen LogP) is 3.79. The van der Waals surface area contributed by atoms with E-state index in [1.54, 1.807) is 16.8 Å². The lowest BCUT2D eigenvalue weighted by Gasteiger charge is -2.10. The molecule has 0 aliphatic carbocycles. The number of benzene rings is 1. The molecule has 150 valence electrons. The summed E-state index contributed by atoms with van der Waals surface area (Å²) in [4.78, 5) is 35.8. The Hall–Kier alpha value is -3.40. The van der Waals surface area contributed by atoms with E-state index in [4.69, 9.17) is 4.74 Å². The number of esters is 1. The highest BCUT2D eigenvalue weighted by Crippen LogP contribution is 2.26. The number of thiophene rings is 1. The van der Waals surface area contributed by atoms with E-state index in [9.17, 15) is 27.6 Å². The Morgan fingerprint density at radius 3 is 2.45 bits per heavy atom. The average molecular weight is 422 g/mol. The van der Waals surface area contributed by atoms with Crippen LogP contribution in [0.5, 0.6) is 5.75 Å². The highest BCUT2D eigenvalue weighted by atomic mass is 32.1. The van der Waals surface area contributed by atoms with Crippen molar-refractivity contribution in [2.75, 3.05) is 5.32 Å². The second-order valence-corrected chi connectivity index (χ2v) is 6.60. The molecule has 29 heavy (non-hydrogen) atoms. The van der Waals surface area contributed by atoms with Crippen LogP contribution in [0.15, 0.2) is 64.2 Å². The molecule has 2 heterocycles. The smallest absolute Gasteiger partial charge is 0.421 e. The summed E-state index contributed by atoms with van der Waals surface area (Å²) in [5.41, 5.74) is -1.71. The van der Waals surface area contributed by atoms with Crippen molar-refractivity contribution in [3.63, 3.8) is 0 Å². The van der Waals surface area contributed by atoms with Gasteiger partial charge in [-0.3, -0.25) is 9.59 Å². The van der Waals surface area contributed by atoms with Crippen molar-refractivity contribution in [3.05, 3.63) is 80.9 Å². The van der Waals surface area contributed by atoms with Gasteiger partial charge in [-0.05, 0) is 47.8 Å². The van der Waals surface area contributed by atoms with Crippen LogP contribution in [0.25, 0.3) is 0 Å². The molecule has 0 saturated carbocycles. The number of ether oxygens (including phenoxy) is 1. The number of hydrogen-bond acceptors (Lipinski definition) is 5. The van der Waals surface area contributed by atoms with E-state index in [0.29, 0.717) is 21.9 Å². The Bertz CT molecular complexity index is 1070. The van der Waals surface area contributed by atoms with E-state index in [0.717, 1.165) is 12.3 Å². The SMILES string of the molecule is O=C(Cn1cccc(C(F)(F)F)c1=O)Oc1ccc(NC(=O)c2ccsc2)cc1. The largest absolute Gasteiger partial charge is 0.425 e. The van der Waals surface area contributed by atoms with Gasteiger partial charge < -0.3 is 14.6 Å². The number of carbonyl (C=O) groups excluding carboxylic acids is 2. The van der Waals surface area contributed by atoms with Crippen molar-refractivity contribution < 1.29 is 27.5 Å². The Morgan fingerprint density at radius 1 is 1.10 bits per heavy atom. The topological polar surface area (TPSA) is 77.4 Å². The standard InChI is InChI=1S/C19H13F3N2O4S/c20-19(21,22)15-2-1-8-24(18(15)27)10-16(25)28-14-5-3-13(4-6-14)23-17(26)12-7-9-29-11-12/h1-9,11H,10H2,(H,23,26). The zero-order valence-electron chi connectivity index (χ0n) is 14.6. The first-order valence-corrected chi connectivity index (χ1v) is 9.09. The lowest BCUT2D eigenvalue weighted by molar-refractivity contribution is -0.140. The molecule has 3 rings (SSSR count). The zero-order chi connectivity index (χ0) is 21.0. The fourth-order valence-electron chi connectivity index (χ4n) is 2.38. The van der Waals surface area contributed by atoms with Crippen LogP contribution in [0.3, 0.4) is 0 Å². The Morgan fingerprint density at radius 2 is 1.83 bits per heavy atom. The first-order chi connectivity index (χ1) is 13.7. The van der Waals surface area contributed by atoms with E-state index < -0.39 is 29.8 Å². The molecular formula is C19H13F3N2O4S. The van der Waals surface area contributed by atoms with Crippen LogP contribution in [-0.4, -0.2) is 16.4 Å². The minimum Gasteiger partial charge on any atom is -0.425 e. The number of anilines is 1. The van der Waals surface area contributed by atoms with Gasteiger partial charge in [0.15, 0.2) is 0 Å². The van der Waals surface area contributed by atoms with Crippen molar-refractivity contribution in [2.45, 2.75) is 12.7 Å². The lowest BCUT2D eigenvalue weighted by atomic mass is 10.2. The van der Waals surface area contributed by atoms with Crippen LogP contribution in [-0.2, 0) is 17.5 Å². The molecule has 0 fully saturated rings. The minimum atomic E-state index is -4.81. The van der Waals surface area contributed by atoms with Crippen molar-refractivity contribution >= 4 is 28.9 Å². The molecule has 1 aromatic carbocycles. The maximum atomic E-state index is 12.8. The van der Waals surface area contributed by atoms with Gasteiger partial charge >= 0.3 is 12.1 Å². The molecule has 10 heteroatoms. The fraction of sp³-hybridized carbons (Fsp3) is 0.105. The van der Waals surface area contributed by atoms with Gasteiger partial charge in [0, 0.05) is 17.3 Å². The van der Waals surface area contributed by atoms with Gasteiger partial charge in [-0.2, -0.15) is 24.5 Å².